The summed E-state index contributed by atoms with van der Waals surface area (Å²) in [5.41, 5.74) is 0.809. The molecule has 0 saturated carbocycles. The maximum atomic E-state index is 12.6. The van der Waals surface area contributed by atoms with Crippen molar-refractivity contribution >= 4 is 46.4 Å². The van der Waals surface area contributed by atoms with E-state index in [-0.39, 0.29) is 12.0 Å². The fourth-order valence-corrected chi connectivity index (χ4v) is 3.18. The van der Waals surface area contributed by atoms with Crippen LogP contribution in [0.4, 0.5) is 5.69 Å². The number of ether oxygens (including phenoxy) is 2. The number of carbonyl (C=O) groups excluding carboxylic acids is 1. The van der Waals surface area contributed by atoms with Crippen molar-refractivity contribution in [1.82, 2.24) is 4.57 Å². The molecule has 0 radical (unpaired) electrons. The number of aromatic nitrogens is 1. The maximum absolute atomic E-state index is 12.6. The molecule has 1 amide bonds. The maximum Gasteiger partial charge on any atom is 0.272 e. The molecule has 8 heteroatoms. The van der Waals surface area contributed by atoms with Gasteiger partial charge in [-0.05, 0) is 37.1 Å². The number of nitrogens with zero attached hydrogens (tertiary/aromatic N) is 1. The van der Waals surface area contributed by atoms with Crippen LogP contribution >= 0.6 is 34.8 Å². The van der Waals surface area contributed by atoms with Crippen LogP contribution in [-0.2, 0) is 11.8 Å². The minimum atomic E-state index is -0.361. The fraction of sp³-hybridized carbons (Fsp3) is 0.353. The van der Waals surface area contributed by atoms with Crippen LogP contribution in [0.15, 0.2) is 24.3 Å². The number of amides is 1. The monoisotopic (exact) mass is 402 g/mol. The second-order valence-electron chi connectivity index (χ2n) is 5.77. The average molecular weight is 404 g/mol. The van der Waals surface area contributed by atoms with Gasteiger partial charge < -0.3 is 19.4 Å². The lowest BCUT2D eigenvalue weighted by Gasteiger charge is -2.15. The average Bonchev–Trinajstić information content (AvgIpc) is 3.18. The summed E-state index contributed by atoms with van der Waals surface area (Å²) in [6, 6.07) is 6.57. The number of rotatable bonds is 5. The van der Waals surface area contributed by atoms with E-state index in [0.717, 1.165) is 19.4 Å². The Bertz CT molecular complexity index is 786. The van der Waals surface area contributed by atoms with Crippen LogP contribution in [0.1, 0.15) is 23.3 Å². The van der Waals surface area contributed by atoms with Crippen LogP contribution in [0.25, 0.3) is 0 Å². The van der Waals surface area contributed by atoms with E-state index >= 15 is 0 Å². The molecule has 1 saturated heterocycles. The normalized spacial score (nSPS) is 16.9. The molecule has 2 heterocycles. The molecule has 1 N–H and O–H groups in total. The molecule has 1 aromatic heterocycles. The van der Waals surface area contributed by atoms with Crippen molar-refractivity contribution in [2.45, 2.75) is 18.9 Å². The minimum Gasteiger partial charge on any atom is -0.489 e. The van der Waals surface area contributed by atoms with E-state index in [0.29, 0.717) is 38.9 Å². The first-order valence-corrected chi connectivity index (χ1v) is 8.95. The minimum absolute atomic E-state index is 0.0738. The van der Waals surface area contributed by atoms with Gasteiger partial charge in [0.1, 0.15) is 23.2 Å². The summed E-state index contributed by atoms with van der Waals surface area (Å²) in [4.78, 5) is 12.6. The molecule has 3 rings (SSSR count). The van der Waals surface area contributed by atoms with Gasteiger partial charge in [0, 0.05) is 18.7 Å². The summed E-state index contributed by atoms with van der Waals surface area (Å²) >= 11 is 18.0. The number of hydrogen-bond acceptors (Lipinski definition) is 3. The number of carbonyl (C=O) groups is 1. The van der Waals surface area contributed by atoms with Gasteiger partial charge in [-0.3, -0.25) is 4.79 Å². The van der Waals surface area contributed by atoms with E-state index < -0.39 is 0 Å². The number of nitrogens with one attached hydrogen (secondary N) is 1. The third-order valence-electron chi connectivity index (χ3n) is 3.99. The predicted octanol–water partition coefficient (Wildman–Crippen LogP) is 4.80. The van der Waals surface area contributed by atoms with E-state index in [9.17, 15) is 4.79 Å². The molecule has 1 aliphatic heterocycles. The Hall–Kier alpha value is -1.40. The molecule has 5 nitrogen and oxygen atoms in total. The van der Waals surface area contributed by atoms with Gasteiger partial charge >= 0.3 is 0 Å². The molecule has 1 aliphatic rings. The highest BCUT2D eigenvalue weighted by Gasteiger charge is 2.19. The molecule has 2 aromatic rings. The van der Waals surface area contributed by atoms with Crippen molar-refractivity contribution in [1.29, 1.82) is 0 Å². The summed E-state index contributed by atoms with van der Waals surface area (Å²) < 4.78 is 12.9. The number of halogens is 3. The zero-order valence-electron chi connectivity index (χ0n) is 13.5. The SMILES string of the molecule is Cn1c(C(=O)Nc2cc(Cl)ccc2OCC2CCCO2)cc(Cl)c1Cl. The highest BCUT2D eigenvalue weighted by atomic mass is 35.5. The van der Waals surface area contributed by atoms with Crippen molar-refractivity contribution < 1.29 is 14.3 Å². The molecule has 1 fully saturated rings. The molecule has 0 aliphatic carbocycles. The van der Waals surface area contributed by atoms with Crippen LogP contribution in [0.5, 0.6) is 5.75 Å². The predicted molar refractivity (Wildman–Crippen MR) is 99.3 cm³/mol. The van der Waals surface area contributed by atoms with Gasteiger partial charge in [0.25, 0.3) is 5.91 Å². The van der Waals surface area contributed by atoms with Crippen LogP contribution in [0, 0.1) is 0 Å². The Balaban J connectivity index is 1.77. The number of hydrogen-bond donors (Lipinski definition) is 1. The lowest BCUT2D eigenvalue weighted by atomic mass is 10.2. The summed E-state index contributed by atoms with van der Waals surface area (Å²) in [7, 11) is 1.66. The van der Waals surface area contributed by atoms with Crippen LogP contribution in [-0.4, -0.2) is 29.8 Å². The molecule has 134 valence electrons. The lowest BCUT2D eigenvalue weighted by Crippen LogP contribution is -2.19. The van der Waals surface area contributed by atoms with E-state index in [1.54, 1.807) is 25.2 Å². The van der Waals surface area contributed by atoms with Crippen LogP contribution in [0.3, 0.4) is 0 Å². The first kappa shape index (κ1) is 18.4. The van der Waals surface area contributed by atoms with E-state index in [2.05, 4.69) is 5.32 Å². The van der Waals surface area contributed by atoms with Gasteiger partial charge in [0.2, 0.25) is 0 Å². The highest BCUT2D eigenvalue weighted by molar-refractivity contribution is 6.42. The second kappa shape index (κ2) is 7.87. The molecular formula is C17H17Cl3N2O3. The van der Waals surface area contributed by atoms with E-state index in [4.69, 9.17) is 44.3 Å². The topological polar surface area (TPSA) is 52.5 Å². The third kappa shape index (κ3) is 4.23. The van der Waals surface area contributed by atoms with E-state index in [1.807, 2.05) is 0 Å². The summed E-state index contributed by atoms with van der Waals surface area (Å²) in [5.74, 6) is 0.167. The molecule has 1 aromatic carbocycles. The van der Waals surface area contributed by atoms with Crippen molar-refractivity contribution in [3.63, 3.8) is 0 Å². The van der Waals surface area contributed by atoms with Gasteiger partial charge in [0.15, 0.2) is 0 Å². The standard InChI is InChI=1S/C17H17Cl3N2O3/c1-22-14(8-12(19)16(22)20)17(23)21-13-7-10(18)4-5-15(13)25-9-11-3-2-6-24-11/h4-5,7-8,11H,2-3,6,9H2,1H3,(H,21,23). The molecule has 0 spiro atoms. The second-order valence-corrected chi connectivity index (χ2v) is 6.97. The van der Waals surface area contributed by atoms with Crippen LogP contribution < -0.4 is 10.1 Å². The molecular weight excluding hydrogens is 387 g/mol. The van der Waals surface area contributed by atoms with E-state index in [1.165, 1.54) is 10.6 Å². The zero-order valence-corrected chi connectivity index (χ0v) is 15.8. The summed E-state index contributed by atoms with van der Waals surface area (Å²) in [6.07, 6.45) is 2.08. The van der Waals surface area contributed by atoms with Crippen molar-refractivity contribution in [3.05, 3.63) is 45.2 Å². The molecule has 25 heavy (non-hydrogen) atoms. The Morgan fingerprint density at radius 1 is 1.36 bits per heavy atom. The number of benzene rings is 1. The van der Waals surface area contributed by atoms with Gasteiger partial charge in [-0.1, -0.05) is 34.8 Å². The molecule has 1 atom stereocenters. The Morgan fingerprint density at radius 3 is 2.80 bits per heavy atom. The smallest absolute Gasteiger partial charge is 0.272 e. The first-order valence-electron chi connectivity index (χ1n) is 7.81. The zero-order chi connectivity index (χ0) is 18.0. The van der Waals surface area contributed by atoms with Crippen molar-refractivity contribution in [3.8, 4) is 5.75 Å². The number of anilines is 1. The largest absolute Gasteiger partial charge is 0.489 e. The Kier molecular flexibility index (Phi) is 5.79. The van der Waals surface area contributed by atoms with Gasteiger partial charge in [-0.2, -0.15) is 0 Å². The Labute approximate surface area is 160 Å². The first-order chi connectivity index (χ1) is 12.0. The third-order valence-corrected chi connectivity index (χ3v) is 5.06. The molecule has 1 unspecified atom stereocenters. The van der Waals surface area contributed by atoms with Gasteiger partial charge in [0.05, 0.1) is 16.8 Å². The highest BCUT2D eigenvalue weighted by Crippen LogP contribution is 2.31. The van der Waals surface area contributed by atoms with Crippen molar-refractivity contribution in [2.75, 3.05) is 18.5 Å². The fourth-order valence-electron chi connectivity index (χ4n) is 2.63. The summed E-state index contributed by atoms with van der Waals surface area (Å²) in [5, 5.41) is 3.90. The van der Waals surface area contributed by atoms with Crippen LogP contribution in [0.2, 0.25) is 15.2 Å². The van der Waals surface area contributed by atoms with Gasteiger partial charge in [-0.25, -0.2) is 0 Å². The lowest BCUT2D eigenvalue weighted by molar-refractivity contribution is 0.0682. The Morgan fingerprint density at radius 2 is 2.16 bits per heavy atom. The van der Waals surface area contributed by atoms with Crippen molar-refractivity contribution in [2.24, 2.45) is 7.05 Å². The molecule has 0 bridgehead atoms. The summed E-state index contributed by atoms with van der Waals surface area (Å²) in [6.45, 7) is 1.18. The quantitative estimate of drug-likeness (QED) is 0.780. The van der Waals surface area contributed by atoms with Gasteiger partial charge in [-0.15, -0.1) is 0 Å².